The molecule has 0 atom stereocenters. The third-order valence-corrected chi connectivity index (χ3v) is 3.91. The number of pyridine rings is 1. The number of rotatable bonds is 5. The highest BCUT2D eigenvalue weighted by Gasteiger charge is 2.31. The van der Waals surface area contributed by atoms with Crippen LogP contribution in [0.3, 0.4) is 0 Å². The van der Waals surface area contributed by atoms with Crippen LogP contribution >= 0.6 is 0 Å². The molecule has 1 saturated heterocycles. The van der Waals surface area contributed by atoms with Crippen LogP contribution in [0.2, 0.25) is 0 Å². The topological polar surface area (TPSA) is 67.5 Å². The zero-order chi connectivity index (χ0) is 17.9. The van der Waals surface area contributed by atoms with Crippen molar-refractivity contribution in [2.45, 2.75) is 19.3 Å². The van der Waals surface area contributed by atoms with Crippen LogP contribution in [0, 0.1) is 0 Å². The van der Waals surface area contributed by atoms with Gasteiger partial charge in [0.1, 0.15) is 12.4 Å². The van der Waals surface area contributed by atoms with Gasteiger partial charge in [0.25, 0.3) is 0 Å². The third-order valence-electron chi connectivity index (χ3n) is 3.91. The van der Waals surface area contributed by atoms with Gasteiger partial charge < -0.3 is 14.2 Å². The van der Waals surface area contributed by atoms with Crippen LogP contribution in [-0.4, -0.2) is 53.3 Å². The minimum atomic E-state index is -4.36. The Morgan fingerprint density at radius 3 is 2.68 bits per heavy atom. The average molecular weight is 357 g/mol. The summed E-state index contributed by atoms with van der Waals surface area (Å²) in [6.45, 7) is 3.28. The van der Waals surface area contributed by atoms with Crippen LogP contribution in [0.25, 0.3) is 0 Å². The molecular formula is C15H18F3N5O2. The molecule has 0 radical (unpaired) electrons. The standard InChI is InChI=1S/C15H18F3N5O2/c1-24-10-12-20-14(25-21-12)9-22-4-6-23(7-5-22)13-8-11(2-3-19-13)15(16,17)18/h2-3,8H,4-7,9-10H2,1H3. The fourth-order valence-corrected chi connectivity index (χ4v) is 2.64. The minimum Gasteiger partial charge on any atom is -0.377 e. The highest BCUT2D eigenvalue weighted by atomic mass is 19.4. The Bertz CT molecular complexity index is 698. The number of anilines is 1. The lowest BCUT2D eigenvalue weighted by Crippen LogP contribution is -2.46. The van der Waals surface area contributed by atoms with Crippen molar-refractivity contribution in [1.82, 2.24) is 20.0 Å². The summed E-state index contributed by atoms with van der Waals surface area (Å²) in [4.78, 5) is 12.2. The second-order valence-electron chi connectivity index (χ2n) is 5.70. The maximum Gasteiger partial charge on any atom is 0.416 e. The lowest BCUT2D eigenvalue weighted by atomic mass is 10.2. The largest absolute Gasteiger partial charge is 0.416 e. The second-order valence-corrected chi connectivity index (χ2v) is 5.70. The summed E-state index contributed by atoms with van der Waals surface area (Å²) < 4.78 is 48.5. The second kappa shape index (κ2) is 7.36. The molecule has 0 aliphatic carbocycles. The highest BCUT2D eigenvalue weighted by molar-refractivity contribution is 5.42. The van der Waals surface area contributed by atoms with Gasteiger partial charge in [-0.25, -0.2) is 4.98 Å². The van der Waals surface area contributed by atoms with Gasteiger partial charge in [0.15, 0.2) is 5.82 Å². The Kier molecular flexibility index (Phi) is 5.19. The van der Waals surface area contributed by atoms with E-state index in [1.165, 1.54) is 6.20 Å². The Hall–Kier alpha value is -2.20. The van der Waals surface area contributed by atoms with Crippen molar-refractivity contribution in [1.29, 1.82) is 0 Å². The molecule has 1 aliphatic heterocycles. The number of piperazine rings is 1. The summed E-state index contributed by atoms with van der Waals surface area (Å²) in [5.41, 5.74) is -0.684. The van der Waals surface area contributed by atoms with E-state index in [2.05, 4.69) is 20.0 Å². The molecule has 25 heavy (non-hydrogen) atoms. The summed E-state index contributed by atoms with van der Waals surface area (Å²) in [7, 11) is 1.55. The average Bonchev–Trinajstić information content (AvgIpc) is 3.02. The van der Waals surface area contributed by atoms with Crippen LogP contribution in [0.4, 0.5) is 19.0 Å². The number of methoxy groups -OCH3 is 1. The summed E-state index contributed by atoms with van der Waals surface area (Å²) in [6.07, 6.45) is -3.17. The van der Waals surface area contributed by atoms with Gasteiger partial charge in [-0.1, -0.05) is 5.16 Å². The van der Waals surface area contributed by atoms with Crippen LogP contribution in [0.5, 0.6) is 0 Å². The number of nitrogens with zero attached hydrogens (tertiary/aromatic N) is 5. The van der Waals surface area contributed by atoms with Crippen LogP contribution in [0.15, 0.2) is 22.9 Å². The van der Waals surface area contributed by atoms with Gasteiger partial charge >= 0.3 is 6.18 Å². The molecule has 0 N–H and O–H groups in total. The van der Waals surface area contributed by atoms with E-state index in [1.807, 2.05) is 4.90 Å². The van der Waals surface area contributed by atoms with E-state index in [0.29, 0.717) is 56.9 Å². The summed E-state index contributed by atoms with van der Waals surface area (Å²) >= 11 is 0. The normalized spacial score (nSPS) is 16.4. The van der Waals surface area contributed by atoms with Crippen LogP contribution in [-0.2, 0) is 24.1 Å². The van der Waals surface area contributed by atoms with E-state index in [0.717, 1.165) is 12.1 Å². The maximum atomic E-state index is 12.8. The van der Waals surface area contributed by atoms with Crippen molar-refractivity contribution in [2.75, 3.05) is 38.2 Å². The zero-order valence-electron chi connectivity index (χ0n) is 13.7. The van der Waals surface area contributed by atoms with Gasteiger partial charge in [0.05, 0.1) is 12.1 Å². The Morgan fingerprint density at radius 2 is 2.00 bits per heavy atom. The van der Waals surface area contributed by atoms with Gasteiger partial charge in [-0.2, -0.15) is 18.2 Å². The van der Waals surface area contributed by atoms with E-state index < -0.39 is 11.7 Å². The monoisotopic (exact) mass is 357 g/mol. The van der Waals surface area contributed by atoms with Crippen molar-refractivity contribution in [3.05, 3.63) is 35.6 Å². The van der Waals surface area contributed by atoms with Crippen molar-refractivity contribution >= 4 is 5.82 Å². The minimum absolute atomic E-state index is 0.290. The zero-order valence-corrected chi connectivity index (χ0v) is 13.7. The van der Waals surface area contributed by atoms with E-state index in [9.17, 15) is 13.2 Å². The molecule has 0 aromatic carbocycles. The summed E-state index contributed by atoms with van der Waals surface area (Å²) in [5, 5.41) is 3.80. The molecule has 0 spiro atoms. The lowest BCUT2D eigenvalue weighted by molar-refractivity contribution is -0.137. The van der Waals surface area contributed by atoms with E-state index in [1.54, 1.807) is 7.11 Å². The van der Waals surface area contributed by atoms with Gasteiger partial charge in [0, 0.05) is 39.5 Å². The van der Waals surface area contributed by atoms with Crippen LogP contribution < -0.4 is 4.90 Å². The predicted octanol–water partition coefficient (Wildman–Crippen LogP) is 1.95. The molecule has 7 nitrogen and oxygen atoms in total. The number of alkyl halides is 3. The first kappa shape index (κ1) is 17.6. The molecule has 0 amide bonds. The van der Waals surface area contributed by atoms with Crippen molar-refractivity contribution in [3.8, 4) is 0 Å². The number of hydrogen-bond donors (Lipinski definition) is 0. The van der Waals surface area contributed by atoms with Crippen molar-refractivity contribution < 1.29 is 22.4 Å². The molecule has 2 aromatic heterocycles. The fourth-order valence-electron chi connectivity index (χ4n) is 2.64. The molecule has 3 rings (SSSR count). The Balaban J connectivity index is 1.56. The van der Waals surface area contributed by atoms with Crippen molar-refractivity contribution in [2.24, 2.45) is 0 Å². The molecule has 1 aliphatic rings. The van der Waals surface area contributed by atoms with Gasteiger partial charge in [-0.15, -0.1) is 0 Å². The molecule has 1 fully saturated rings. The predicted molar refractivity (Wildman–Crippen MR) is 81.7 cm³/mol. The molecule has 2 aromatic rings. The van der Waals surface area contributed by atoms with E-state index in [4.69, 9.17) is 9.26 Å². The number of halogens is 3. The summed E-state index contributed by atoms with van der Waals surface area (Å²) in [5.74, 6) is 1.33. The first-order chi connectivity index (χ1) is 12.0. The van der Waals surface area contributed by atoms with Crippen LogP contribution in [0.1, 0.15) is 17.3 Å². The molecule has 136 valence electrons. The number of ether oxygens (including phenoxy) is 1. The smallest absolute Gasteiger partial charge is 0.377 e. The Labute approximate surface area is 142 Å². The SMILES string of the molecule is COCc1noc(CN2CCN(c3cc(C(F)(F)F)ccn3)CC2)n1. The van der Waals surface area contributed by atoms with Crippen molar-refractivity contribution in [3.63, 3.8) is 0 Å². The van der Waals surface area contributed by atoms with E-state index in [-0.39, 0.29) is 0 Å². The molecule has 10 heteroatoms. The Morgan fingerprint density at radius 1 is 1.24 bits per heavy atom. The van der Waals surface area contributed by atoms with E-state index >= 15 is 0 Å². The van der Waals surface area contributed by atoms with Gasteiger partial charge in [-0.05, 0) is 12.1 Å². The fraction of sp³-hybridized carbons (Fsp3) is 0.533. The van der Waals surface area contributed by atoms with Gasteiger partial charge in [-0.3, -0.25) is 4.90 Å². The number of hydrogen-bond acceptors (Lipinski definition) is 7. The summed E-state index contributed by atoms with van der Waals surface area (Å²) in [6, 6.07) is 2.07. The maximum absolute atomic E-state index is 12.8. The molecule has 0 saturated carbocycles. The highest BCUT2D eigenvalue weighted by Crippen LogP contribution is 2.30. The van der Waals surface area contributed by atoms with Gasteiger partial charge in [0.2, 0.25) is 5.89 Å². The third kappa shape index (κ3) is 4.45. The lowest BCUT2D eigenvalue weighted by Gasteiger charge is -2.34. The first-order valence-electron chi connectivity index (χ1n) is 7.76. The molecule has 3 heterocycles. The number of aromatic nitrogens is 3. The molecular weight excluding hydrogens is 339 g/mol. The molecule has 0 unspecified atom stereocenters. The molecule has 0 bridgehead atoms. The first-order valence-corrected chi connectivity index (χ1v) is 7.76. The quantitative estimate of drug-likeness (QED) is 0.810.